The topological polar surface area (TPSA) is 97.6 Å². The van der Waals surface area contributed by atoms with Gasteiger partial charge in [0.1, 0.15) is 17.1 Å². The van der Waals surface area contributed by atoms with Gasteiger partial charge in [-0.2, -0.15) is 0 Å². The number of nitrogens with one attached hydrogen (secondary N) is 1. The molecule has 2 aliphatic rings. The van der Waals surface area contributed by atoms with Crippen molar-refractivity contribution >= 4 is 23.3 Å². The van der Waals surface area contributed by atoms with Crippen LogP contribution in [0.5, 0.6) is 5.75 Å². The lowest BCUT2D eigenvalue weighted by Crippen LogP contribution is -2.52. The molecule has 0 spiro atoms. The molecular weight excluding hydrogens is 415 g/mol. The summed E-state index contributed by atoms with van der Waals surface area (Å²) in [6.07, 6.45) is 2.20. The zero-order chi connectivity index (χ0) is 21.6. The highest BCUT2D eigenvalue weighted by Gasteiger charge is 2.49. The number of hydrogen-bond donors (Lipinski definition) is 2. The largest absolute Gasteiger partial charge is 0.503 e. The number of aromatic hydroxyl groups is 1. The van der Waals surface area contributed by atoms with Crippen molar-refractivity contribution in [3.63, 3.8) is 0 Å². The molecule has 0 radical (unpaired) electrons. The van der Waals surface area contributed by atoms with Crippen molar-refractivity contribution < 1.29 is 23.8 Å². The Morgan fingerprint density at radius 1 is 1.43 bits per heavy atom. The standard InChI is InChI=1S/C21H20ClFN2O5/c1-21-5-2-6-30-15(21)10-25-9-12(17(26)18(27)16(25)19(21)28)20(29)24-8-11-3-4-14(23)13(22)7-11/h3-4,7,9,15,27H,2,5-6,8,10H2,1H3,(H,24,29). The molecule has 158 valence electrons. The van der Waals surface area contributed by atoms with Crippen LogP contribution in [-0.4, -0.2) is 34.1 Å². The number of rotatable bonds is 3. The fraction of sp³-hybridized carbons (Fsp3) is 0.381. The van der Waals surface area contributed by atoms with Gasteiger partial charge in [0.05, 0.1) is 23.1 Å². The maximum absolute atomic E-state index is 13.3. The number of pyridine rings is 1. The summed E-state index contributed by atoms with van der Waals surface area (Å²) >= 11 is 5.73. The smallest absolute Gasteiger partial charge is 0.257 e. The van der Waals surface area contributed by atoms with Gasteiger partial charge in [0.25, 0.3) is 5.91 Å². The maximum atomic E-state index is 13.3. The van der Waals surface area contributed by atoms with Crippen molar-refractivity contribution in [2.45, 2.75) is 39.0 Å². The van der Waals surface area contributed by atoms with Crippen LogP contribution in [0, 0.1) is 11.2 Å². The van der Waals surface area contributed by atoms with Crippen LogP contribution < -0.4 is 10.7 Å². The monoisotopic (exact) mass is 434 g/mol. The fourth-order valence-electron chi connectivity index (χ4n) is 4.09. The van der Waals surface area contributed by atoms with Crippen molar-refractivity contribution in [3.8, 4) is 5.75 Å². The summed E-state index contributed by atoms with van der Waals surface area (Å²) in [7, 11) is 0. The minimum atomic E-state index is -0.914. The summed E-state index contributed by atoms with van der Waals surface area (Å²) in [4.78, 5) is 38.3. The zero-order valence-electron chi connectivity index (χ0n) is 16.2. The van der Waals surface area contributed by atoms with E-state index >= 15 is 0 Å². The third kappa shape index (κ3) is 3.30. The summed E-state index contributed by atoms with van der Waals surface area (Å²) in [6.45, 7) is 2.56. The number of Topliss-reactive ketones (excluding diaryl/α,β-unsaturated/α-hetero) is 1. The Kier molecular flexibility index (Phi) is 5.15. The highest BCUT2D eigenvalue weighted by molar-refractivity contribution is 6.30. The van der Waals surface area contributed by atoms with Crippen molar-refractivity contribution in [3.05, 3.63) is 62.3 Å². The van der Waals surface area contributed by atoms with Gasteiger partial charge in [-0.1, -0.05) is 17.7 Å². The molecule has 2 aromatic rings. The number of fused-ring (bicyclic) bond motifs is 2. The van der Waals surface area contributed by atoms with Crippen LogP contribution in [0.1, 0.15) is 46.2 Å². The normalized spacial score (nSPS) is 22.9. The Hall–Kier alpha value is -2.71. The molecule has 0 bridgehead atoms. The van der Waals surface area contributed by atoms with Crippen LogP contribution in [0.3, 0.4) is 0 Å². The van der Waals surface area contributed by atoms with Gasteiger partial charge in [0, 0.05) is 19.3 Å². The quantitative estimate of drug-likeness (QED) is 0.774. The van der Waals surface area contributed by atoms with Gasteiger partial charge >= 0.3 is 0 Å². The molecule has 0 saturated carbocycles. The minimum Gasteiger partial charge on any atom is -0.503 e. The molecule has 2 unspecified atom stereocenters. The molecule has 30 heavy (non-hydrogen) atoms. The number of hydrogen-bond acceptors (Lipinski definition) is 5. The average Bonchev–Trinajstić information content (AvgIpc) is 2.72. The second-order valence-corrected chi connectivity index (χ2v) is 8.27. The Labute approximate surface area is 176 Å². The molecule has 1 saturated heterocycles. The van der Waals surface area contributed by atoms with E-state index in [-0.39, 0.29) is 35.2 Å². The molecule has 1 amide bonds. The number of ketones is 1. The molecule has 0 aliphatic carbocycles. The first-order valence-electron chi connectivity index (χ1n) is 9.57. The summed E-state index contributed by atoms with van der Waals surface area (Å²) in [5, 5.41) is 12.9. The van der Waals surface area contributed by atoms with E-state index in [1.165, 1.54) is 29.0 Å². The SMILES string of the molecule is CC12CCCOC1Cn1cc(C(=O)NCc3ccc(F)c(Cl)c3)c(=O)c(O)c1C2=O. The third-order valence-electron chi connectivity index (χ3n) is 5.90. The van der Waals surface area contributed by atoms with Crippen LogP contribution in [0.4, 0.5) is 4.39 Å². The Bertz CT molecular complexity index is 1120. The number of benzene rings is 1. The van der Waals surface area contributed by atoms with Gasteiger partial charge in [0.2, 0.25) is 5.43 Å². The lowest BCUT2D eigenvalue weighted by atomic mass is 9.71. The first-order chi connectivity index (χ1) is 14.2. The predicted molar refractivity (Wildman–Crippen MR) is 106 cm³/mol. The summed E-state index contributed by atoms with van der Waals surface area (Å²) in [5.74, 6) is -2.40. The number of carbonyl (C=O) groups is 2. The fourth-order valence-corrected chi connectivity index (χ4v) is 4.30. The van der Waals surface area contributed by atoms with E-state index in [1.807, 2.05) is 0 Å². The molecule has 1 fully saturated rings. The first-order valence-corrected chi connectivity index (χ1v) is 9.95. The molecule has 1 aromatic carbocycles. The Balaban J connectivity index is 1.63. The van der Waals surface area contributed by atoms with Gasteiger partial charge in [-0.25, -0.2) is 4.39 Å². The number of nitrogens with zero attached hydrogens (tertiary/aromatic N) is 1. The van der Waals surface area contributed by atoms with E-state index in [1.54, 1.807) is 6.92 Å². The summed E-state index contributed by atoms with van der Waals surface area (Å²) < 4.78 is 20.4. The second-order valence-electron chi connectivity index (χ2n) is 7.86. The van der Waals surface area contributed by atoms with E-state index in [0.717, 1.165) is 6.42 Å². The summed E-state index contributed by atoms with van der Waals surface area (Å²) in [5.41, 5.74) is -1.57. The number of halogens is 2. The van der Waals surface area contributed by atoms with Crippen molar-refractivity contribution in [1.82, 2.24) is 9.88 Å². The molecule has 1 aromatic heterocycles. The molecule has 9 heteroatoms. The number of amides is 1. The molecule has 2 N–H and O–H groups in total. The van der Waals surface area contributed by atoms with E-state index < -0.39 is 34.4 Å². The van der Waals surface area contributed by atoms with Gasteiger partial charge in [-0.15, -0.1) is 0 Å². The molecule has 4 rings (SSSR count). The van der Waals surface area contributed by atoms with E-state index in [9.17, 15) is 23.9 Å². The van der Waals surface area contributed by atoms with Gasteiger partial charge in [-0.05, 0) is 37.5 Å². The van der Waals surface area contributed by atoms with Crippen LogP contribution >= 0.6 is 11.6 Å². The van der Waals surface area contributed by atoms with E-state index in [0.29, 0.717) is 18.6 Å². The van der Waals surface area contributed by atoms with Crippen LogP contribution in [-0.2, 0) is 17.8 Å². The van der Waals surface area contributed by atoms with Gasteiger partial charge in [-0.3, -0.25) is 14.4 Å². The molecule has 2 atom stereocenters. The molecule has 3 heterocycles. The highest BCUT2D eigenvalue weighted by Crippen LogP contribution is 2.42. The second kappa shape index (κ2) is 7.52. The van der Waals surface area contributed by atoms with Crippen LogP contribution in [0.2, 0.25) is 5.02 Å². The minimum absolute atomic E-state index is 0.00350. The molecular formula is C21H20ClFN2O5. The van der Waals surface area contributed by atoms with Crippen molar-refractivity contribution in [2.75, 3.05) is 6.61 Å². The third-order valence-corrected chi connectivity index (χ3v) is 6.19. The number of ether oxygens (including phenoxy) is 1. The van der Waals surface area contributed by atoms with Crippen molar-refractivity contribution in [2.24, 2.45) is 5.41 Å². The maximum Gasteiger partial charge on any atom is 0.257 e. The predicted octanol–water partition coefficient (Wildman–Crippen LogP) is 2.66. The summed E-state index contributed by atoms with van der Waals surface area (Å²) in [6, 6.07) is 4.00. The Morgan fingerprint density at radius 3 is 2.93 bits per heavy atom. The Morgan fingerprint density at radius 2 is 2.20 bits per heavy atom. The van der Waals surface area contributed by atoms with Crippen LogP contribution in [0.25, 0.3) is 0 Å². The lowest BCUT2D eigenvalue weighted by Gasteiger charge is -2.44. The first kappa shape index (κ1) is 20.6. The number of carbonyl (C=O) groups excluding carboxylic acids is 2. The van der Waals surface area contributed by atoms with Crippen molar-refractivity contribution in [1.29, 1.82) is 0 Å². The highest BCUT2D eigenvalue weighted by atomic mass is 35.5. The molecule has 7 nitrogen and oxygen atoms in total. The zero-order valence-corrected chi connectivity index (χ0v) is 17.0. The van der Waals surface area contributed by atoms with E-state index in [2.05, 4.69) is 5.32 Å². The number of aromatic nitrogens is 1. The average molecular weight is 435 g/mol. The molecule has 2 aliphatic heterocycles. The van der Waals surface area contributed by atoms with Gasteiger partial charge in [0.15, 0.2) is 11.5 Å². The van der Waals surface area contributed by atoms with Crippen LogP contribution in [0.15, 0.2) is 29.2 Å². The van der Waals surface area contributed by atoms with E-state index in [4.69, 9.17) is 16.3 Å². The van der Waals surface area contributed by atoms with Gasteiger partial charge < -0.3 is 19.7 Å². The lowest BCUT2D eigenvalue weighted by molar-refractivity contribution is -0.0740.